The average molecular weight is 363 g/mol. The first kappa shape index (κ1) is 17.5. The third kappa shape index (κ3) is 3.37. The summed E-state index contributed by atoms with van der Waals surface area (Å²) in [5, 5.41) is 1.05. The highest BCUT2D eigenvalue weighted by Gasteiger charge is 2.20. The van der Waals surface area contributed by atoms with Crippen molar-refractivity contribution in [3.8, 4) is 11.5 Å². The first-order valence-corrected chi connectivity index (χ1v) is 9.28. The molecule has 4 rings (SSSR count). The van der Waals surface area contributed by atoms with Crippen LogP contribution in [0.5, 0.6) is 11.5 Å². The van der Waals surface area contributed by atoms with Gasteiger partial charge in [-0.3, -0.25) is 0 Å². The zero-order valence-electron chi connectivity index (χ0n) is 16.1. The fourth-order valence-electron chi connectivity index (χ4n) is 3.76. The van der Waals surface area contributed by atoms with Gasteiger partial charge in [0.1, 0.15) is 17.3 Å². The van der Waals surface area contributed by atoms with E-state index >= 15 is 0 Å². The second kappa shape index (κ2) is 7.35. The van der Waals surface area contributed by atoms with Crippen LogP contribution in [0, 0.1) is 6.92 Å². The van der Waals surface area contributed by atoms with Crippen LogP contribution < -0.4 is 19.3 Å². The molecule has 27 heavy (non-hydrogen) atoms. The van der Waals surface area contributed by atoms with E-state index in [1.807, 2.05) is 12.1 Å². The number of fused-ring (bicyclic) bond motifs is 1. The third-order valence-corrected chi connectivity index (χ3v) is 5.21. The summed E-state index contributed by atoms with van der Waals surface area (Å²) in [6.45, 7) is 6.00. The predicted molar refractivity (Wildman–Crippen MR) is 110 cm³/mol. The van der Waals surface area contributed by atoms with Gasteiger partial charge >= 0.3 is 0 Å². The molecule has 0 bridgehead atoms. The van der Waals surface area contributed by atoms with Gasteiger partial charge in [-0.15, -0.1) is 0 Å². The highest BCUT2D eigenvalue weighted by atomic mass is 16.5. The molecule has 0 saturated carbocycles. The summed E-state index contributed by atoms with van der Waals surface area (Å²) in [5.41, 5.74) is 3.36. The molecule has 0 aliphatic carbocycles. The molecular formula is C22H25N3O2. The second-order valence-corrected chi connectivity index (χ2v) is 6.83. The number of rotatable bonds is 4. The van der Waals surface area contributed by atoms with Crippen molar-refractivity contribution < 1.29 is 9.47 Å². The number of ether oxygens (including phenoxy) is 2. The van der Waals surface area contributed by atoms with Gasteiger partial charge in [-0.2, -0.15) is 0 Å². The molecule has 1 aromatic heterocycles. The number of aryl methyl sites for hydroxylation is 1. The van der Waals surface area contributed by atoms with Crippen molar-refractivity contribution >= 4 is 22.4 Å². The van der Waals surface area contributed by atoms with E-state index in [0.717, 1.165) is 54.4 Å². The van der Waals surface area contributed by atoms with E-state index in [-0.39, 0.29) is 0 Å². The van der Waals surface area contributed by atoms with Crippen molar-refractivity contribution in [2.45, 2.75) is 6.92 Å². The number of hydrogen-bond donors (Lipinski definition) is 0. The van der Waals surface area contributed by atoms with E-state index in [4.69, 9.17) is 14.5 Å². The maximum Gasteiger partial charge on any atom is 0.132 e. The van der Waals surface area contributed by atoms with Crippen molar-refractivity contribution in [1.82, 2.24) is 4.98 Å². The highest BCUT2D eigenvalue weighted by molar-refractivity contribution is 5.91. The van der Waals surface area contributed by atoms with E-state index in [9.17, 15) is 0 Å². The Hall–Kier alpha value is -2.95. The average Bonchev–Trinajstić information content (AvgIpc) is 2.73. The van der Waals surface area contributed by atoms with Crippen LogP contribution in [0.3, 0.4) is 0 Å². The summed E-state index contributed by atoms with van der Waals surface area (Å²) < 4.78 is 11.0. The molecule has 1 aliphatic rings. The number of nitrogens with zero attached hydrogens (tertiary/aromatic N) is 3. The summed E-state index contributed by atoms with van der Waals surface area (Å²) in [5.74, 6) is 2.58. The van der Waals surface area contributed by atoms with Crippen molar-refractivity contribution in [2.24, 2.45) is 0 Å². The van der Waals surface area contributed by atoms with Gasteiger partial charge in [-0.25, -0.2) is 4.98 Å². The van der Waals surface area contributed by atoms with Gasteiger partial charge in [0.2, 0.25) is 0 Å². The quantitative estimate of drug-likeness (QED) is 0.703. The lowest BCUT2D eigenvalue weighted by Crippen LogP contribution is -2.46. The van der Waals surface area contributed by atoms with Crippen LogP contribution in [-0.4, -0.2) is 45.4 Å². The number of anilines is 2. The maximum atomic E-state index is 5.56. The summed E-state index contributed by atoms with van der Waals surface area (Å²) in [6.07, 6.45) is 0. The van der Waals surface area contributed by atoms with E-state index in [0.29, 0.717) is 0 Å². The summed E-state index contributed by atoms with van der Waals surface area (Å²) in [4.78, 5) is 9.71. The van der Waals surface area contributed by atoms with Crippen LogP contribution >= 0.6 is 0 Å². The Kier molecular flexibility index (Phi) is 4.75. The first-order valence-electron chi connectivity index (χ1n) is 9.28. The van der Waals surface area contributed by atoms with Crippen LogP contribution in [0.15, 0.2) is 48.5 Å². The maximum absolute atomic E-state index is 5.56. The Labute approximate surface area is 160 Å². The Morgan fingerprint density at radius 3 is 2.22 bits per heavy atom. The lowest BCUT2D eigenvalue weighted by atomic mass is 10.1. The molecule has 3 aromatic rings. The van der Waals surface area contributed by atoms with Gasteiger partial charge in [0.25, 0.3) is 0 Å². The van der Waals surface area contributed by atoms with Gasteiger partial charge in [0.05, 0.1) is 19.7 Å². The minimum absolute atomic E-state index is 0.761. The first-order chi connectivity index (χ1) is 13.2. The molecule has 5 nitrogen and oxygen atoms in total. The van der Waals surface area contributed by atoms with Gasteiger partial charge in [0, 0.05) is 49.4 Å². The molecule has 140 valence electrons. The van der Waals surface area contributed by atoms with E-state index < -0.39 is 0 Å². The molecule has 0 spiro atoms. The number of para-hydroxylation sites is 1. The number of pyridine rings is 1. The standard InChI is InChI=1S/C22H25N3O2/c1-16-13-21(23-19-14-18(26-2)15-20(27-3)22(16)19)25-11-9-24(10-12-25)17-7-5-4-6-8-17/h4-8,13-15H,9-12H2,1-3H3. The Morgan fingerprint density at radius 1 is 0.852 bits per heavy atom. The molecule has 1 fully saturated rings. The fraction of sp³-hybridized carbons (Fsp3) is 0.318. The fourth-order valence-corrected chi connectivity index (χ4v) is 3.76. The number of piperazine rings is 1. The normalized spacial score (nSPS) is 14.5. The summed E-state index contributed by atoms with van der Waals surface area (Å²) in [6, 6.07) is 16.6. The van der Waals surface area contributed by atoms with Crippen LogP contribution in [0.1, 0.15) is 5.56 Å². The van der Waals surface area contributed by atoms with Crippen molar-refractivity contribution in [2.75, 3.05) is 50.2 Å². The van der Waals surface area contributed by atoms with Crippen LogP contribution in [0.2, 0.25) is 0 Å². The van der Waals surface area contributed by atoms with Gasteiger partial charge in [0.15, 0.2) is 0 Å². The summed E-state index contributed by atoms with van der Waals surface area (Å²) in [7, 11) is 3.35. The topological polar surface area (TPSA) is 37.8 Å². The van der Waals surface area contributed by atoms with Crippen LogP contribution in [-0.2, 0) is 0 Å². The Balaban J connectivity index is 1.61. The van der Waals surface area contributed by atoms with Crippen molar-refractivity contribution in [1.29, 1.82) is 0 Å². The molecule has 1 saturated heterocycles. The molecule has 2 aromatic carbocycles. The lowest BCUT2D eigenvalue weighted by Gasteiger charge is -2.37. The molecule has 0 unspecified atom stereocenters. The highest BCUT2D eigenvalue weighted by Crippen LogP contribution is 2.34. The monoisotopic (exact) mass is 363 g/mol. The Morgan fingerprint density at radius 2 is 1.56 bits per heavy atom. The lowest BCUT2D eigenvalue weighted by molar-refractivity contribution is 0.397. The smallest absolute Gasteiger partial charge is 0.132 e. The van der Waals surface area contributed by atoms with Gasteiger partial charge in [-0.1, -0.05) is 18.2 Å². The Bertz CT molecular complexity index is 935. The van der Waals surface area contributed by atoms with Crippen molar-refractivity contribution in [3.05, 3.63) is 54.1 Å². The van der Waals surface area contributed by atoms with E-state index in [2.05, 4.69) is 53.1 Å². The minimum Gasteiger partial charge on any atom is -0.497 e. The van der Waals surface area contributed by atoms with Crippen LogP contribution in [0.4, 0.5) is 11.5 Å². The molecule has 0 atom stereocenters. The second-order valence-electron chi connectivity index (χ2n) is 6.83. The molecule has 1 aliphatic heterocycles. The number of methoxy groups -OCH3 is 2. The largest absolute Gasteiger partial charge is 0.497 e. The number of benzene rings is 2. The SMILES string of the molecule is COc1cc(OC)c2c(C)cc(N3CCN(c4ccccc4)CC3)nc2c1. The van der Waals surface area contributed by atoms with E-state index in [1.165, 1.54) is 11.3 Å². The number of aromatic nitrogens is 1. The number of hydrogen-bond acceptors (Lipinski definition) is 5. The summed E-state index contributed by atoms with van der Waals surface area (Å²) >= 11 is 0. The minimum atomic E-state index is 0.761. The molecule has 0 radical (unpaired) electrons. The van der Waals surface area contributed by atoms with Gasteiger partial charge < -0.3 is 19.3 Å². The van der Waals surface area contributed by atoms with Crippen LogP contribution in [0.25, 0.3) is 10.9 Å². The molecule has 0 N–H and O–H groups in total. The van der Waals surface area contributed by atoms with Gasteiger partial charge in [-0.05, 0) is 30.7 Å². The third-order valence-electron chi connectivity index (χ3n) is 5.21. The van der Waals surface area contributed by atoms with E-state index in [1.54, 1.807) is 14.2 Å². The molecule has 5 heteroatoms. The predicted octanol–water partition coefficient (Wildman–Crippen LogP) is 3.89. The zero-order chi connectivity index (χ0) is 18.8. The zero-order valence-corrected chi connectivity index (χ0v) is 16.1. The molecule has 2 heterocycles. The molecule has 0 amide bonds. The molecular weight excluding hydrogens is 338 g/mol. The van der Waals surface area contributed by atoms with Crippen molar-refractivity contribution in [3.63, 3.8) is 0 Å².